The van der Waals surface area contributed by atoms with Crippen LogP contribution in [0, 0.1) is 0 Å². The first-order valence-corrected chi connectivity index (χ1v) is 15.0. The lowest BCUT2D eigenvalue weighted by atomic mass is 10.1. The maximum atomic E-state index is 13.4. The number of benzene rings is 3. The van der Waals surface area contributed by atoms with Crippen molar-refractivity contribution >= 4 is 33.4 Å². The van der Waals surface area contributed by atoms with Gasteiger partial charge in [0.25, 0.3) is 0 Å². The molecule has 3 rings (SSSR count). The third kappa shape index (κ3) is 9.08. The number of halogens is 1. The molecule has 0 aliphatic carbocycles. The van der Waals surface area contributed by atoms with Gasteiger partial charge in [0, 0.05) is 31.1 Å². The third-order valence-corrected chi connectivity index (χ3v) is 8.31. The fourth-order valence-corrected chi connectivity index (χ4v) is 5.31. The SMILES string of the molecule is CCNS(=O)(=O)c1ccc(CCC(=O)N(Cc2ccc(Cl)cc2)C(C)C(=O)NCCc2ccc(OC)cc2)cc1. The molecule has 3 aromatic rings. The minimum Gasteiger partial charge on any atom is -0.497 e. The van der Waals surface area contributed by atoms with E-state index >= 15 is 0 Å². The Bertz CT molecular complexity index is 1360. The van der Waals surface area contributed by atoms with Crippen LogP contribution in [0.15, 0.2) is 77.7 Å². The van der Waals surface area contributed by atoms with Crippen LogP contribution in [0.25, 0.3) is 0 Å². The third-order valence-electron chi connectivity index (χ3n) is 6.50. The number of ether oxygens (including phenoxy) is 1. The monoisotopic (exact) mass is 585 g/mol. The second-order valence-corrected chi connectivity index (χ2v) is 11.6. The molecule has 0 aliphatic heterocycles. The lowest BCUT2D eigenvalue weighted by molar-refractivity contribution is -0.140. The molecule has 8 nitrogen and oxygen atoms in total. The van der Waals surface area contributed by atoms with Crippen LogP contribution in [-0.4, -0.2) is 51.4 Å². The van der Waals surface area contributed by atoms with Crippen LogP contribution < -0.4 is 14.8 Å². The van der Waals surface area contributed by atoms with Gasteiger partial charge < -0.3 is 15.0 Å². The Morgan fingerprint density at radius 1 is 0.900 bits per heavy atom. The normalized spacial score (nSPS) is 12.0. The molecule has 0 bridgehead atoms. The summed E-state index contributed by atoms with van der Waals surface area (Å²) in [6.45, 7) is 4.42. The average Bonchev–Trinajstić information content (AvgIpc) is 2.95. The lowest BCUT2D eigenvalue weighted by Crippen LogP contribution is -2.48. The minimum atomic E-state index is -3.54. The molecule has 0 aromatic heterocycles. The molecule has 40 heavy (non-hydrogen) atoms. The van der Waals surface area contributed by atoms with E-state index in [9.17, 15) is 18.0 Å². The van der Waals surface area contributed by atoms with E-state index in [2.05, 4.69) is 10.0 Å². The molecular formula is C30H36ClN3O5S. The van der Waals surface area contributed by atoms with Crippen molar-refractivity contribution in [2.45, 2.75) is 50.6 Å². The topological polar surface area (TPSA) is 105 Å². The molecule has 2 N–H and O–H groups in total. The molecule has 0 radical (unpaired) electrons. The molecule has 0 spiro atoms. The van der Waals surface area contributed by atoms with Crippen LogP contribution in [0.2, 0.25) is 5.02 Å². The Hall–Kier alpha value is -3.40. The molecule has 1 unspecified atom stereocenters. The maximum Gasteiger partial charge on any atom is 0.242 e. The number of nitrogens with zero attached hydrogens (tertiary/aromatic N) is 1. The number of hydrogen-bond donors (Lipinski definition) is 2. The van der Waals surface area contributed by atoms with E-state index in [-0.39, 0.29) is 29.7 Å². The standard InChI is InChI=1S/C30H36ClN3O5S/c1-4-33-40(37,38)28-16-9-23(10-17-28)11-18-29(35)34(21-25-5-12-26(31)13-6-25)22(2)30(36)32-20-19-24-7-14-27(39-3)15-8-24/h5-10,12-17,22,33H,4,11,18-21H2,1-3H3,(H,32,36). The number of sulfonamides is 1. The Labute approximate surface area is 241 Å². The van der Waals surface area contributed by atoms with Crippen molar-refractivity contribution in [2.24, 2.45) is 0 Å². The second kappa shape index (κ2) is 14.8. The van der Waals surface area contributed by atoms with E-state index in [4.69, 9.17) is 16.3 Å². The molecule has 0 fully saturated rings. The van der Waals surface area contributed by atoms with Gasteiger partial charge in [0.1, 0.15) is 11.8 Å². The van der Waals surface area contributed by atoms with Crippen LogP contribution in [0.3, 0.4) is 0 Å². The molecule has 214 valence electrons. The molecule has 0 saturated carbocycles. The van der Waals surface area contributed by atoms with Gasteiger partial charge in [0.05, 0.1) is 12.0 Å². The molecule has 1 atom stereocenters. The Morgan fingerprint density at radius 2 is 1.48 bits per heavy atom. The summed E-state index contributed by atoms with van der Waals surface area (Å²) < 4.78 is 32.0. The number of rotatable bonds is 14. The fourth-order valence-electron chi connectivity index (χ4n) is 4.14. The lowest BCUT2D eigenvalue weighted by Gasteiger charge is -2.29. The summed E-state index contributed by atoms with van der Waals surface area (Å²) in [6, 6.07) is 20.6. The van der Waals surface area contributed by atoms with E-state index < -0.39 is 16.1 Å². The Morgan fingerprint density at radius 3 is 2.08 bits per heavy atom. The van der Waals surface area contributed by atoms with Gasteiger partial charge in [0.15, 0.2) is 0 Å². The largest absolute Gasteiger partial charge is 0.497 e. The zero-order valence-corrected chi connectivity index (χ0v) is 24.6. The van der Waals surface area contributed by atoms with Crippen LogP contribution in [0.4, 0.5) is 0 Å². The summed E-state index contributed by atoms with van der Waals surface area (Å²) in [5, 5.41) is 3.53. The maximum absolute atomic E-state index is 13.4. The van der Waals surface area contributed by atoms with Gasteiger partial charge in [-0.2, -0.15) is 0 Å². The van der Waals surface area contributed by atoms with E-state index in [0.717, 1.165) is 22.4 Å². The highest BCUT2D eigenvalue weighted by Crippen LogP contribution is 2.17. The first-order chi connectivity index (χ1) is 19.1. The fraction of sp³-hybridized carbons (Fsp3) is 0.333. The van der Waals surface area contributed by atoms with E-state index in [1.165, 1.54) is 12.1 Å². The van der Waals surface area contributed by atoms with E-state index in [0.29, 0.717) is 31.0 Å². The number of methoxy groups -OCH3 is 1. The zero-order valence-electron chi connectivity index (χ0n) is 23.0. The number of amides is 2. The summed E-state index contributed by atoms with van der Waals surface area (Å²) in [6.07, 6.45) is 1.22. The molecule has 3 aromatic carbocycles. The predicted octanol–water partition coefficient (Wildman–Crippen LogP) is 4.36. The smallest absolute Gasteiger partial charge is 0.242 e. The number of nitrogens with one attached hydrogen (secondary N) is 2. The molecule has 0 aliphatic rings. The van der Waals surface area contributed by atoms with Gasteiger partial charge in [-0.15, -0.1) is 0 Å². The van der Waals surface area contributed by atoms with Crippen molar-refractivity contribution in [3.05, 3.63) is 94.5 Å². The van der Waals surface area contributed by atoms with Crippen molar-refractivity contribution in [1.29, 1.82) is 0 Å². The first-order valence-electron chi connectivity index (χ1n) is 13.2. The van der Waals surface area contributed by atoms with Gasteiger partial charge in [-0.25, -0.2) is 13.1 Å². The van der Waals surface area contributed by atoms with Gasteiger partial charge in [-0.3, -0.25) is 9.59 Å². The highest BCUT2D eigenvalue weighted by Gasteiger charge is 2.26. The van der Waals surface area contributed by atoms with Crippen molar-refractivity contribution < 1.29 is 22.7 Å². The summed E-state index contributed by atoms with van der Waals surface area (Å²) in [5.41, 5.74) is 2.74. The quantitative estimate of drug-likeness (QED) is 0.293. The first kappa shape index (κ1) is 31.1. The van der Waals surface area contributed by atoms with Gasteiger partial charge in [-0.1, -0.05) is 54.9 Å². The van der Waals surface area contributed by atoms with Crippen molar-refractivity contribution in [3.8, 4) is 5.75 Å². The second-order valence-electron chi connectivity index (χ2n) is 9.36. The summed E-state index contributed by atoms with van der Waals surface area (Å²) >= 11 is 6.03. The number of carbonyl (C=O) groups is 2. The van der Waals surface area contributed by atoms with Crippen LogP contribution in [0.1, 0.15) is 37.0 Å². The molecule has 2 amide bonds. The van der Waals surface area contributed by atoms with Gasteiger partial charge in [-0.05, 0) is 72.9 Å². The van der Waals surface area contributed by atoms with E-state index in [1.54, 1.807) is 50.1 Å². The molecule has 0 saturated heterocycles. The Kier molecular flexibility index (Phi) is 11.5. The Balaban J connectivity index is 1.65. The summed E-state index contributed by atoms with van der Waals surface area (Å²) in [5.74, 6) is 0.346. The molecule has 10 heteroatoms. The average molecular weight is 586 g/mol. The van der Waals surface area contributed by atoms with E-state index in [1.807, 2.05) is 36.4 Å². The van der Waals surface area contributed by atoms with Crippen molar-refractivity contribution in [3.63, 3.8) is 0 Å². The zero-order chi connectivity index (χ0) is 29.1. The van der Waals surface area contributed by atoms with Crippen molar-refractivity contribution in [2.75, 3.05) is 20.2 Å². The minimum absolute atomic E-state index is 0.163. The number of hydrogen-bond acceptors (Lipinski definition) is 5. The summed E-state index contributed by atoms with van der Waals surface area (Å²) in [7, 11) is -1.93. The number of carbonyl (C=O) groups excluding carboxylic acids is 2. The number of aryl methyl sites for hydroxylation is 1. The van der Waals surface area contributed by atoms with Gasteiger partial charge in [0.2, 0.25) is 21.8 Å². The van der Waals surface area contributed by atoms with Crippen LogP contribution in [-0.2, 0) is 39.0 Å². The van der Waals surface area contributed by atoms with Gasteiger partial charge >= 0.3 is 0 Å². The molecule has 0 heterocycles. The highest BCUT2D eigenvalue weighted by molar-refractivity contribution is 7.89. The van der Waals surface area contributed by atoms with Crippen molar-refractivity contribution in [1.82, 2.24) is 14.9 Å². The van der Waals surface area contributed by atoms with Crippen LogP contribution in [0.5, 0.6) is 5.75 Å². The highest BCUT2D eigenvalue weighted by atomic mass is 35.5. The molecular weight excluding hydrogens is 550 g/mol. The van der Waals surface area contributed by atoms with Crippen LogP contribution >= 0.6 is 11.6 Å². The predicted molar refractivity (Wildman–Crippen MR) is 157 cm³/mol. The summed E-state index contributed by atoms with van der Waals surface area (Å²) in [4.78, 5) is 28.2.